The second-order valence-electron chi connectivity index (χ2n) is 5.24. The maximum absolute atomic E-state index is 11.0. The molecule has 0 unspecified atom stereocenters. The number of rotatable bonds is 3. The summed E-state index contributed by atoms with van der Waals surface area (Å²) in [6, 6.07) is 4.94. The Balaban J connectivity index is 1.89. The summed E-state index contributed by atoms with van der Waals surface area (Å²) in [6.45, 7) is 3.60. The van der Waals surface area contributed by atoms with Gasteiger partial charge in [0.25, 0.3) is 11.6 Å². The standard InChI is InChI=1S/C14H16N4O3/c1-9-2-3-11(8-12(9)18(19)20)14-16-13(17-21-14)10-4-6-15-7-5-10/h2-3,8,10,15H,4-7H2,1H3. The van der Waals surface area contributed by atoms with Crippen molar-refractivity contribution in [1.29, 1.82) is 0 Å². The molecule has 7 nitrogen and oxygen atoms in total. The minimum Gasteiger partial charge on any atom is -0.334 e. The molecule has 2 aromatic rings. The van der Waals surface area contributed by atoms with Crippen molar-refractivity contribution in [2.24, 2.45) is 0 Å². The normalized spacial score (nSPS) is 16.0. The Hall–Kier alpha value is -2.28. The fourth-order valence-electron chi connectivity index (χ4n) is 2.54. The van der Waals surface area contributed by atoms with Crippen molar-refractivity contribution in [3.05, 3.63) is 39.7 Å². The third-order valence-electron chi connectivity index (χ3n) is 3.80. The van der Waals surface area contributed by atoms with Gasteiger partial charge in [0, 0.05) is 23.1 Å². The van der Waals surface area contributed by atoms with Crippen LogP contribution in [0.5, 0.6) is 0 Å². The molecule has 110 valence electrons. The molecular formula is C14H16N4O3. The molecule has 0 bridgehead atoms. The highest BCUT2D eigenvalue weighted by Gasteiger charge is 2.22. The van der Waals surface area contributed by atoms with E-state index < -0.39 is 4.92 Å². The monoisotopic (exact) mass is 288 g/mol. The van der Waals surface area contributed by atoms with Gasteiger partial charge >= 0.3 is 0 Å². The van der Waals surface area contributed by atoms with Gasteiger partial charge in [0.1, 0.15) is 0 Å². The number of benzene rings is 1. The number of piperidine rings is 1. The van der Waals surface area contributed by atoms with E-state index in [0.717, 1.165) is 25.9 Å². The molecule has 3 rings (SSSR count). The SMILES string of the molecule is Cc1ccc(-c2nc(C3CCNCC3)no2)cc1[N+](=O)[O-]. The third-order valence-corrected chi connectivity index (χ3v) is 3.80. The van der Waals surface area contributed by atoms with Crippen molar-refractivity contribution >= 4 is 5.69 Å². The Kier molecular flexibility index (Phi) is 3.66. The van der Waals surface area contributed by atoms with Gasteiger partial charge in [-0.05, 0) is 38.9 Å². The lowest BCUT2D eigenvalue weighted by Crippen LogP contribution is -2.27. The lowest BCUT2D eigenvalue weighted by atomic mass is 9.98. The van der Waals surface area contributed by atoms with Gasteiger partial charge in [-0.1, -0.05) is 11.2 Å². The van der Waals surface area contributed by atoms with Gasteiger partial charge in [0.05, 0.1) is 4.92 Å². The number of hydrogen-bond donors (Lipinski definition) is 1. The van der Waals surface area contributed by atoms with Crippen molar-refractivity contribution in [2.45, 2.75) is 25.7 Å². The molecule has 21 heavy (non-hydrogen) atoms. The summed E-state index contributed by atoms with van der Waals surface area (Å²) in [4.78, 5) is 15.0. The van der Waals surface area contributed by atoms with Crippen LogP contribution in [0.2, 0.25) is 0 Å². The van der Waals surface area contributed by atoms with Gasteiger partial charge in [-0.3, -0.25) is 10.1 Å². The number of nitro groups is 1. The fraction of sp³-hybridized carbons (Fsp3) is 0.429. The van der Waals surface area contributed by atoms with Crippen LogP contribution in [0.15, 0.2) is 22.7 Å². The van der Waals surface area contributed by atoms with E-state index in [1.807, 2.05) is 0 Å². The first-order valence-corrected chi connectivity index (χ1v) is 6.95. The third kappa shape index (κ3) is 2.78. The van der Waals surface area contributed by atoms with Crippen LogP contribution in [0.3, 0.4) is 0 Å². The molecule has 0 spiro atoms. The summed E-state index contributed by atoms with van der Waals surface area (Å²) in [5.41, 5.74) is 1.26. The Labute approximate surface area is 121 Å². The molecule has 1 saturated heterocycles. The molecule has 1 aromatic heterocycles. The zero-order valence-corrected chi connectivity index (χ0v) is 11.7. The van der Waals surface area contributed by atoms with Crippen LogP contribution in [0.4, 0.5) is 5.69 Å². The second-order valence-corrected chi connectivity index (χ2v) is 5.24. The van der Waals surface area contributed by atoms with Gasteiger partial charge in [-0.2, -0.15) is 4.98 Å². The summed E-state index contributed by atoms with van der Waals surface area (Å²) >= 11 is 0. The molecule has 1 aliphatic heterocycles. The number of nitrogens with zero attached hydrogens (tertiary/aromatic N) is 3. The van der Waals surface area contributed by atoms with Crippen molar-refractivity contribution < 1.29 is 9.45 Å². The molecule has 1 aliphatic rings. The van der Waals surface area contributed by atoms with E-state index in [-0.39, 0.29) is 5.69 Å². The van der Waals surface area contributed by atoms with Crippen LogP contribution in [-0.2, 0) is 0 Å². The first kappa shape index (κ1) is 13.7. The minimum absolute atomic E-state index is 0.0640. The number of nitrogens with one attached hydrogen (secondary N) is 1. The average Bonchev–Trinajstić information content (AvgIpc) is 2.98. The summed E-state index contributed by atoms with van der Waals surface area (Å²) in [5, 5.41) is 18.3. The van der Waals surface area contributed by atoms with E-state index in [0.29, 0.717) is 28.8 Å². The van der Waals surface area contributed by atoms with Crippen molar-refractivity contribution in [3.8, 4) is 11.5 Å². The Morgan fingerprint density at radius 1 is 1.38 bits per heavy atom. The quantitative estimate of drug-likeness (QED) is 0.688. The van der Waals surface area contributed by atoms with Crippen LogP contribution in [0.25, 0.3) is 11.5 Å². The van der Waals surface area contributed by atoms with Crippen molar-refractivity contribution in [3.63, 3.8) is 0 Å². The van der Waals surface area contributed by atoms with Gasteiger partial charge < -0.3 is 9.84 Å². The number of nitro benzene ring substituents is 1. The van der Waals surface area contributed by atoms with E-state index in [9.17, 15) is 10.1 Å². The molecule has 0 amide bonds. The van der Waals surface area contributed by atoms with Gasteiger partial charge in [0.2, 0.25) is 0 Å². The molecule has 0 saturated carbocycles. The highest BCUT2D eigenvalue weighted by Crippen LogP contribution is 2.28. The summed E-state index contributed by atoms with van der Waals surface area (Å²) < 4.78 is 5.27. The zero-order chi connectivity index (χ0) is 14.8. The maximum atomic E-state index is 11.0. The molecule has 2 heterocycles. The molecule has 1 aromatic carbocycles. The Morgan fingerprint density at radius 2 is 2.14 bits per heavy atom. The predicted octanol–water partition coefficient (Wildman–Crippen LogP) is 2.42. The predicted molar refractivity (Wildman–Crippen MR) is 76.0 cm³/mol. The largest absolute Gasteiger partial charge is 0.334 e. The van der Waals surface area contributed by atoms with Crippen LogP contribution < -0.4 is 5.32 Å². The van der Waals surface area contributed by atoms with Gasteiger partial charge in [0.15, 0.2) is 5.82 Å². The Morgan fingerprint density at radius 3 is 2.86 bits per heavy atom. The van der Waals surface area contributed by atoms with E-state index in [4.69, 9.17) is 4.52 Å². The average molecular weight is 288 g/mol. The van der Waals surface area contributed by atoms with Crippen LogP contribution >= 0.6 is 0 Å². The van der Waals surface area contributed by atoms with Crippen LogP contribution in [-0.4, -0.2) is 28.2 Å². The lowest BCUT2D eigenvalue weighted by Gasteiger charge is -2.18. The number of aryl methyl sites for hydroxylation is 1. The van der Waals surface area contributed by atoms with Crippen molar-refractivity contribution in [2.75, 3.05) is 13.1 Å². The lowest BCUT2D eigenvalue weighted by molar-refractivity contribution is -0.385. The minimum atomic E-state index is -0.400. The zero-order valence-electron chi connectivity index (χ0n) is 11.7. The van der Waals surface area contributed by atoms with Gasteiger partial charge in [-0.25, -0.2) is 0 Å². The van der Waals surface area contributed by atoms with Gasteiger partial charge in [-0.15, -0.1) is 0 Å². The first-order valence-electron chi connectivity index (χ1n) is 6.95. The summed E-state index contributed by atoms with van der Waals surface area (Å²) in [7, 11) is 0. The maximum Gasteiger partial charge on any atom is 0.273 e. The van der Waals surface area contributed by atoms with E-state index in [1.54, 1.807) is 19.1 Å². The second kappa shape index (κ2) is 5.61. The highest BCUT2D eigenvalue weighted by atomic mass is 16.6. The molecular weight excluding hydrogens is 272 g/mol. The van der Waals surface area contributed by atoms with Crippen LogP contribution in [0, 0.1) is 17.0 Å². The number of hydrogen-bond acceptors (Lipinski definition) is 6. The molecule has 1 N–H and O–H groups in total. The summed E-state index contributed by atoms with van der Waals surface area (Å²) in [5.74, 6) is 1.32. The first-order chi connectivity index (χ1) is 10.1. The fourth-order valence-corrected chi connectivity index (χ4v) is 2.54. The van der Waals surface area contributed by atoms with E-state index >= 15 is 0 Å². The molecule has 7 heteroatoms. The topological polar surface area (TPSA) is 94.1 Å². The molecule has 1 fully saturated rings. The molecule has 0 aliphatic carbocycles. The highest BCUT2D eigenvalue weighted by molar-refractivity contribution is 5.59. The summed E-state index contributed by atoms with van der Waals surface area (Å²) in [6.07, 6.45) is 1.96. The number of aromatic nitrogens is 2. The van der Waals surface area contributed by atoms with E-state index in [1.165, 1.54) is 6.07 Å². The molecule has 0 atom stereocenters. The smallest absolute Gasteiger partial charge is 0.273 e. The Bertz CT molecular complexity index is 662. The van der Waals surface area contributed by atoms with Crippen LogP contribution in [0.1, 0.15) is 30.1 Å². The molecule has 0 radical (unpaired) electrons. The van der Waals surface area contributed by atoms with E-state index in [2.05, 4.69) is 15.5 Å². The van der Waals surface area contributed by atoms with Crippen molar-refractivity contribution in [1.82, 2.24) is 15.5 Å².